The fourth-order valence-electron chi connectivity index (χ4n) is 3.18. The number of hydrogen-bond acceptors (Lipinski definition) is 3. The van der Waals surface area contributed by atoms with Crippen molar-refractivity contribution in [2.75, 3.05) is 7.05 Å². The zero-order chi connectivity index (χ0) is 15.0. The van der Waals surface area contributed by atoms with Gasteiger partial charge in [-0.15, -0.1) is 0 Å². The molecule has 2 bridgehead atoms. The molecule has 0 spiro atoms. The molecule has 3 aliphatic rings. The number of benzene rings is 1. The zero-order valence-corrected chi connectivity index (χ0v) is 12.0. The predicted molar refractivity (Wildman–Crippen MR) is 76.2 cm³/mol. The fraction of sp³-hybridized carbons (Fsp3) is 0.438. The Morgan fingerprint density at radius 2 is 1.81 bits per heavy atom. The van der Waals surface area contributed by atoms with E-state index >= 15 is 0 Å². The lowest BCUT2D eigenvalue weighted by Gasteiger charge is -2.44. The zero-order valence-electron chi connectivity index (χ0n) is 12.0. The van der Waals surface area contributed by atoms with Crippen molar-refractivity contribution in [2.45, 2.75) is 37.9 Å². The van der Waals surface area contributed by atoms with Gasteiger partial charge in [0.15, 0.2) is 11.8 Å². The maximum Gasteiger partial charge on any atom is 0.254 e. The molecule has 110 valence electrons. The lowest BCUT2D eigenvalue weighted by molar-refractivity contribution is -0.165. The lowest BCUT2D eigenvalue weighted by atomic mass is 9.91. The average Bonchev–Trinajstić information content (AvgIpc) is 2.47. The normalized spacial score (nSPS) is 26.0. The highest BCUT2D eigenvalue weighted by Gasteiger charge is 2.48. The second-order valence-electron chi connectivity index (χ2n) is 5.68. The maximum atomic E-state index is 12.6. The van der Waals surface area contributed by atoms with Crippen molar-refractivity contribution in [1.82, 2.24) is 9.80 Å². The van der Waals surface area contributed by atoms with E-state index in [0.29, 0.717) is 25.8 Å². The first-order chi connectivity index (χ1) is 10.1. The summed E-state index contributed by atoms with van der Waals surface area (Å²) < 4.78 is 0. The van der Waals surface area contributed by atoms with E-state index in [1.54, 1.807) is 11.9 Å². The van der Waals surface area contributed by atoms with Gasteiger partial charge in [0, 0.05) is 20.0 Å². The van der Waals surface area contributed by atoms with Crippen molar-refractivity contribution in [3.63, 3.8) is 0 Å². The van der Waals surface area contributed by atoms with E-state index in [4.69, 9.17) is 0 Å². The van der Waals surface area contributed by atoms with Crippen LogP contribution < -0.4 is 0 Å². The molecule has 0 aromatic heterocycles. The van der Waals surface area contributed by atoms with Crippen LogP contribution in [-0.2, 0) is 20.9 Å². The van der Waals surface area contributed by atoms with Crippen LogP contribution in [0.25, 0.3) is 0 Å². The quantitative estimate of drug-likeness (QED) is 0.761. The molecule has 0 radical (unpaired) electrons. The molecule has 0 saturated carbocycles. The Kier molecular flexibility index (Phi) is 3.49. The lowest BCUT2D eigenvalue weighted by Crippen LogP contribution is -2.66. The molecule has 5 heteroatoms. The highest BCUT2D eigenvalue weighted by Crippen LogP contribution is 2.27. The molecule has 4 rings (SSSR count). The van der Waals surface area contributed by atoms with Crippen LogP contribution in [0, 0.1) is 0 Å². The van der Waals surface area contributed by atoms with Crippen LogP contribution in [0.3, 0.4) is 0 Å². The summed E-state index contributed by atoms with van der Waals surface area (Å²) in [4.78, 5) is 40.1. The van der Waals surface area contributed by atoms with E-state index in [2.05, 4.69) is 0 Å². The number of Topliss-reactive ketones (excluding diaryl/α,β-unsaturated/α-hetero) is 1. The van der Waals surface area contributed by atoms with E-state index in [1.165, 1.54) is 4.90 Å². The Labute approximate surface area is 123 Å². The number of ketones is 1. The molecule has 5 nitrogen and oxygen atoms in total. The number of nitrogens with zero attached hydrogens (tertiary/aromatic N) is 2. The van der Waals surface area contributed by atoms with Gasteiger partial charge in [-0.3, -0.25) is 14.4 Å². The Hall–Kier alpha value is -2.17. The smallest absolute Gasteiger partial charge is 0.254 e. The molecule has 3 heterocycles. The first kappa shape index (κ1) is 13.8. The van der Waals surface area contributed by atoms with E-state index in [1.807, 2.05) is 30.3 Å². The molecule has 0 N–H and O–H groups in total. The highest BCUT2D eigenvalue weighted by molar-refractivity contribution is 6.11. The molecule has 2 atom stereocenters. The number of likely N-dealkylation sites (N-methyl/N-ethyl adjacent to an activating group) is 1. The van der Waals surface area contributed by atoms with Crippen molar-refractivity contribution >= 4 is 17.6 Å². The van der Waals surface area contributed by atoms with Crippen molar-refractivity contribution < 1.29 is 14.4 Å². The van der Waals surface area contributed by atoms with Gasteiger partial charge in [0.1, 0.15) is 6.04 Å². The molecular formula is C16H18N2O3. The Balaban J connectivity index is 1.94. The van der Waals surface area contributed by atoms with Crippen molar-refractivity contribution in [3.8, 4) is 0 Å². The molecule has 0 aliphatic carbocycles. The Morgan fingerprint density at radius 1 is 1.10 bits per heavy atom. The first-order valence-electron chi connectivity index (χ1n) is 7.23. The fourth-order valence-corrected chi connectivity index (χ4v) is 3.18. The number of hydrogen-bond donors (Lipinski definition) is 0. The highest BCUT2D eigenvalue weighted by atomic mass is 16.2. The minimum absolute atomic E-state index is 0.122. The number of amides is 2. The molecule has 3 fully saturated rings. The maximum absolute atomic E-state index is 12.6. The molecule has 3 aliphatic heterocycles. The Bertz CT molecular complexity index is 584. The summed E-state index contributed by atoms with van der Waals surface area (Å²) in [5, 5.41) is 0. The van der Waals surface area contributed by atoms with Gasteiger partial charge in [-0.25, -0.2) is 0 Å². The standard InChI is InChI=1S/C16H18N2O3/c1-17-14-13(19)9-5-8-12(15(17)20)18(16(14)21)10-11-6-3-2-4-7-11/h2-4,6-7,12,14H,5,8-10H2,1H3/t12-,14-/m0/s1. The third kappa shape index (κ3) is 2.33. The van der Waals surface area contributed by atoms with Gasteiger partial charge < -0.3 is 9.80 Å². The third-order valence-electron chi connectivity index (χ3n) is 4.31. The summed E-state index contributed by atoms with van der Waals surface area (Å²) in [6.45, 7) is 0.383. The van der Waals surface area contributed by atoms with Crippen molar-refractivity contribution in [1.29, 1.82) is 0 Å². The minimum atomic E-state index is -0.933. The molecule has 0 unspecified atom stereocenters. The Morgan fingerprint density at radius 3 is 2.52 bits per heavy atom. The second kappa shape index (κ2) is 5.31. The van der Waals surface area contributed by atoms with Crippen molar-refractivity contribution in [3.05, 3.63) is 35.9 Å². The predicted octanol–water partition coefficient (Wildman–Crippen LogP) is 0.977. The molecule has 21 heavy (non-hydrogen) atoms. The van der Waals surface area contributed by atoms with E-state index in [0.717, 1.165) is 5.56 Å². The summed E-state index contributed by atoms with van der Waals surface area (Å²) in [7, 11) is 1.56. The minimum Gasteiger partial charge on any atom is -0.325 e. The molecule has 1 aromatic carbocycles. The van der Waals surface area contributed by atoms with Crippen molar-refractivity contribution in [2.24, 2.45) is 0 Å². The topological polar surface area (TPSA) is 57.7 Å². The van der Waals surface area contributed by atoms with Crippen LogP contribution >= 0.6 is 0 Å². The van der Waals surface area contributed by atoms with Gasteiger partial charge in [-0.05, 0) is 18.4 Å². The summed E-state index contributed by atoms with van der Waals surface area (Å²) in [6.07, 6.45) is 1.60. The van der Waals surface area contributed by atoms with Gasteiger partial charge in [0.25, 0.3) is 5.91 Å². The van der Waals surface area contributed by atoms with Crippen LogP contribution in [0.4, 0.5) is 0 Å². The number of carbonyl (C=O) groups is 3. The summed E-state index contributed by atoms with van der Waals surface area (Å²) >= 11 is 0. The summed E-state index contributed by atoms with van der Waals surface area (Å²) in [5.74, 6) is -0.508. The largest absolute Gasteiger partial charge is 0.325 e. The molecule has 3 saturated heterocycles. The first-order valence-corrected chi connectivity index (χ1v) is 7.23. The molecule has 1 aromatic rings. The van der Waals surface area contributed by atoms with E-state index < -0.39 is 12.1 Å². The SMILES string of the molecule is CN1C(=O)[C@@H]2CCCC(=O)[C@H]1C(=O)N2Cc1ccccc1. The van der Waals surface area contributed by atoms with Gasteiger partial charge in [-0.1, -0.05) is 30.3 Å². The van der Waals surface area contributed by atoms with Gasteiger partial charge in [0.05, 0.1) is 0 Å². The second-order valence-corrected chi connectivity index (χ2v) is 5.68. The number of rotatable bonds is 2. The van der Waals surface area contributed by atoms with Crippen LogP contribution in [-0.4, -0.2) is 46.5 Å². The van der Waals surface area contributed by atoms with Crippen LogP contribution in [0.15, 0.2) is 30.3 Å². The van der Waals surface area contributed by atoms with Crippen LogP contribution in [0.2, 0.25) is 0 Å². The van der Waals surface area contributed by atoms with E-state index in [-0.39, 0.29) is 17.6 Å². The molecule has 2 amide bonds. The van der Waals surface area contributed by atoms with E-state index in [9.17, 15) is 14.4 Å². The van der Waals surface area contributed by atoms with Gasteiger partial charge in [0.2, 0.25) is 5.91 Å². The number of piperazine rings is 1. The van der Waals surface area contributed by atoms with Crippen LogP contribution in [0.1, 0.15) is 24.8 Å². The monoisotopic (exact) mass is 286 g/mol. The van der Waals surface area contributed by atoms with Gasteiger partial charge in [-0.2, -0.15) is 0 Å². The molecular weight excluding hydrogens is 268 g/mol. The number of fused-ring (bicyclic) bond motifs is 5. The third-order valence-corrected chi connectivity index (χ3v) is 4.31. The van der Waals surface area contributed by atoms with Crippen LogP contribution in [0.5, 0.6) is 0 Å². The average molecular weight is 286 g/mol. The summed E-state index contributed by atoms with van der Waals surface area (Å²) in [6, 6.07) is 8.20. The van der Waals surface area contributed by atoms with Gasteiger partial charge >= 0.3 is 0 Å². The summed E-state index contributed by atoms with van der Waals surface area (Å²) in [5.41, 5.74) is 0.972. The number of carbonyl (C=O) groups excluding carboxylic acids is 3.